The van der Waals surface area contributed by atoms with Crippen molar-refractivity contribution in [3.8, 4) is 0 Å². The Hall–Kier alpha value is -2.09. The molecule has 1 aliphatic heterocycles. The Morgan fingerprint density at radius 2 is 2.00 bits per heavy atom. The van der Waals surface area contributed by atoms with Gasteiger partial charge in [-0.15, -0.1) is 0 Å². The van der Waals surface area contributed by atoms with Crippen molar-refractivity contribution < 1.29 is 9.59 Å². The van der Waals surface area contributed by atoms with Gasteiger partial charge in [0, 0.05) is 38.2 Å². The molecule has 0 saturated carbocycles. The smallest absolute Gasteiger partial charge is 0.325 e. The number of hydrogen-bond donors (Lipinski definition) is 2. The van der Waals surface area contributed by atoms with Crippen LogP contribution >= 0.6 is 15.9 Å². The second kappa shape index (κ2) is 9.21. The number of guanidine groups is 1. The fraction of sp³-hybridized carbons (Fsp3) is 0.526. The maximum Gasteiger partial charge on any atom is 0.325 e. The number of carbonyl (C=O) groups excluding carboxylic acids is 2. The van der Waals surface area contributed by atoms with Crippen LogP contribution in [0.3, 0.4) is 0 Å². The van der Waals surface area contributed by atoms with Gasteiger partial charge >= 0.3 is 6.03 Å². The summed E-state index contributed by atoms with van der Waals surface area (Å²) in [4.78, 5) is 32.0. The van der Waals surface area contributed by atoms with Gasteiger partial charge in [-0.25, -0.2) is 4.79 Å². The van der Waals surface area contributed by atoms with Crippen molar-refractivity contribution in [1.29, 1.82) is 0 Å². The van der Waals surface area contributed by atoms with Crippen LogP contribution in [-0.4, -0.2) is 60.4 Å². The van der Waals surface area contributed by atoms with Crippen LogP contribution in [0, 0.1) is 0 Å². The van der Waals surface area contributed by atoms with Crippen LogP contribution in [0.4, 0.5) is 4.79 Å². The molecule has 0 aromatic heterocycles. The highest BCUT2D eigenvalue weighted by molar-refractivity contribution is 9.10. The van der Waals surface area contributed by atoms with Crippen molar-refractivity contribution in [2.24, 2.45) is 4.99 Å². The normalized spacial score (nSPS) is 20.0. The molecule has 148 valence electrons. The lowest BCUT2D eigenvalue weighted by Gasteiger charge is -2.23. The quantitative estimate of drug-likeness (QED) is 0.297. The topological polar surface area (TPSA) is 77.0 Å². The van der Waals surface area contributed by atoms with Crippen LogP contribution < -0.4 is 10.6 Å². The van der Waals surface area contributed by atoms with E-state index in [4.69, 9.17) is 0 Å². The first kappa shape index (κ1) is 21.2. The molecule has 1 aromatic rings. The number of halogens is 1. The average Bonchev–Trinajstić information content (AvgIpc) is 2.86. The van der Waals surface area contributed by atoms with Crippen molar-refractivity contribution in [2.75, 3.05) is 27.2 Å². The van der Waals surface area contributed by atoms with Gasteiger partial charge in [-0.2, -0.15) is 0 Å². The summed E-state index contributed by atoms with van der Waals surface area (Å²) in [5.74, 6) is 0.625. The van der Waals surface area contributed by atoms with Gasteiger partial charge in [0.15, 0.2) is 5.96 Å². The van der Waals surface area contributed by atoms with E-state index in [1.807, 2.05) is 31.0 Å². The minimum Gasteiger partial charge on any atom is -0.356 e. The Morgan fingerprint density at radius 1 is 1.33 bits per heavy atom. The molecule has 8 heteroatoms. The SMILES string of the molecule is CCC1(C)NC(=O)N(CCCNC(=NC)N(C)Cc2ccc(Br)cc2)C1=O. The van der Waals surface area contributed by atoms with E-state index in [-0.39, 0.29) is 11.9 Å². The number of nitrogens with zero attached hydrogens (tertiary/aromatic N) is 3. The van der Waals surface area contributed by atoms with E-state index in [1.165, 1.54) is 10.5 Å². The molecule has 0 radical (unpaired) electrons. The number of benzene rings is 1. The second-order valence-electron chi connectivity index (χ2n) is 6.88. The standard InChI is InChI=1S/C19H28BrN5O2/c1-5-19(2)16(26)25(18(27)23-19)12-6-11-22-17(21-3)24(4)13-14-7-9-15(20)10-8-14/h7-10H,5-6,11-13H2,1-4H3,(H,21,22)(H,23,27). The molecule has 0 bridgehead atoms. The van der Waals surface area contributed by atoms with Crippen molar-refractivity contribution in [3.05, 3.63) is 34.3 Å². The molecule has 1 aromatic carbocycles. The summed E-state index contributed by atoms with van der Waals surface area (Å²) in [5.41, 5.74) is 0.410. The molecule has 2 rings (SSSR count). The Kier molecular flexibility index (Phi) is 7.24. The predicted molar refractivity (Wildman–Crippen MR) is 111 cm³/mol. The first-order valence-corrected chi connectivity index (χ1v) is 9.90. The largest absolute Gasteiger partial charge is 0.356 e. The zero-order valence-corrected chi connectivity index (χ0v) is 18.0. The summed E-state index contributed by atoms with van der Waals surface area (Å²) >= 11 is 3.44. The van der Waals surface area contributed by atoms with Crippen LogP contribution in [0.25, 0.3) is 0 Å². The number of nitrogens with one attached hydrogen (secondary N) is 2. The van der Waals surface area contributed by atoms with Crippen LogP contribution in [0.2, 0.25) is 0 Å². The third kappa shape index (κ3) is 5.22. The van der Waals surface area contributed by atoms with Crippen LogP contribution in [0.15, 0.2) is 33.7 Å². The summed E-state index contributed by atoms with van der Waals surface area (Å²) < 4.78 is 1.05. The number of amides is 3. The van der Waals surface area contributed by atoms with Gasteiger partial charge < -0.3 is 15.5 Å². The van der Waals surface area contributed by atoms with Crippen molar-refractivity contribution >= 4 is 33.8 Å². The van der Waals surface area contributed by atoms with Crippen molar-refractivity contribution in [1.82, 2.24) is 20.4 Å². The van der Waals surface area contributed by atoms with Gasteiger partial charge in [-0.1, -0.05) is 35.0 Å². The Balaban J connectivity index is 1.80. The third-order valence-electron chi connectivity index (χ3n) is 4.80. The highest BCUT2D eigenvalue weighted by Crippen LogP contribution is 2.20. The van der Waals surface area contributed by atoms with Crippen molar-refractivity contribution in [3.63, 3.8) is 0 Å². The summed E-state index contributed by atoms with van der Waals surface area (Å²) in [6.07, 6.45) is 1.24. The predicted octanol–water partition coefficient (Wildman–Crippen LogP) is 2.57. The minimum absolute atomic E-state index is 0.147. The molecular formula is C19H28BrN5O2. The molecule has 2 N–H and O–H groups in total. The molecule has 7 nitrogen and oxygen atoms in total. The molecule has 0 spiro atoms. The van der Waals surface area contributed by atoms with Crippen LogP contribution in [0.5, 0.6) is 0 Å². The van der Waals surface area contributed by atoms with Crippen LogP contribution in [0.1, 0.15) is 32.3 Å². The van der Waals surface area contributed by atoms with E-state index in [9.17, 15) is 9.59 Å². The zero-order valence-electron chi connectivity index (χ0n) is 16.4. The van der Waals surface area contributed by atoms with E-state index in [1.54, 1.807) is 14.0 Å². The summed E-state index contributed by atoms with van der Waals surface area (Å²) in [5, 5.41) is 6.06. The van der Waals surface area contributed by atoms with E-state index in [0.29, 0.717) is 25.9 Å². The lowest BCUT2D eigenvalue weighted by Crippen LogP contribution is -2.43. The van der Waals surface area contributed by atoms with E-state index >= 15 is 0 Å². The van der Waals surface area contributed by atoms with Gasteiger partial charge in [0.25, 0.3) is 5.91 Å². The lowest BCUT2D eigenvalue weighted by molar-refractivity contribution is -0.130. The molecule has 1 atom stereocenters. The fourth-order valence-electron chi connectivity index (χ4n) is 2.95. The van der Waals surface area contributed by atoms with E-state index < -0.39 is 5.54 Å². The Bertz CT molecular complexity index is 707. The number of rotatable bonds is 7. The van der Waals surface area contributed by atoms with E-state index in [2.05, 4.69) is 43.7 Å². The number of aliphatic imine (C=N–C) groups is 1. The molecule has 27 heavy (non-hydrogen) atoms. The minimum atomic E-state index is -0.772. The summed E-state index contributed by atoms with van der Waals surface area (Å²) in [7, 11) is 3.71. The molecule has 1 saturated heterocycles. The Labute approximate surface area is 169 Å². The van der Waals surface area contributed by atoms with E-state index in [0.717, 1.165) is 17.0 Å². The third-order valence-corrected chi connectivity index (χ3v) is 5.33. The maximum absolute atomic E-state index is 12.4. The summed E-state index contributed by atoms with van der Waals surface area (Å²) in [6.45, 7) is 5.41. The highest BCUT2D eigenvalue weighted by atomic mass is 79.9. The van der Waals surface area contributed by atoms with Gasteiger partial charge in [-0.05, 0) is 37.5 Å². The molecule has 0 aliphatic carbocycles. The fourth-order valence-corrected chi connectivity index (χ4v) is 3.21. The highest BCUT2D eigenvalue weighted by Gasteiger charge is 2.45. The molecular weight excluding hydrogens is 410 g/mol. The maximum atomic E-state index is 12.4. The zero-order chi connectivity index (χ0) is 20.0. The number of hydrogen-bond acceptors (Lipinski definition) is 3. The molecule has 1 aliphatic rings. The lowest BCUT2D eigenvalue weighted by atomic mass is 9.99. The first-order valence-electron chi connectivity index (χ1n) is 9.11. The van der Waals surface area contributed by atoms with Crippen LogP contribution in [-0.2, 0) is 11.3 Å². The first-order chi connectivity index (χ1) is 12.8. The second-order valence-corrected chi connectivity index (χ2v) is 7.80. The molecule has 3 amide bonds. The van der Waals surface area contributed by atoms with Crippen molar-refractivity contribution in [2.45, 2.75) is 38.8 Å². The molecule has 1 unspecified atom stereocenters. The summed E-state index contributed by atoms with van der Waals surface area (Å²) in [6, 6.07) is 7.86. The number of imide groups is 1. The average molecular weight is 438 g/mol. The van der Waals surface area contributed by atoms with Gasteiger partial charge in [0.1, 0.15) is 5.54 Å². The monoisotopic (exact) mass is 437 g/mol. The number of carbonyl (C=O) groups is 2. The Morgan fingerprint density at radius 3 is 2.56 bits per heavy atom. The molecule has 1 fully saturated rings. The molecule has 1 heterocycles. The van der Waals surface area contributed by atoms with Gasteiger partial charge in [-0.3, -0.25) is 14.7 Å². The van der Waals surface area contributed by atoms with Gasteiger partial charge in [0.2, 0.25) is 0 Å². The number of urea groups is 1. The van der Waals surface area contributed by atoms with Gasteiger partial charge in [0.05, 0.1) is 0 Å².